The van der Waals surface area contributed by atoms with E-state index in [-0.39, 0.29) is 12.2 Å². The van der Waals surface area contributed by atoms with Crippen molar-refractivity contribution < 1.29 is 23.7 Å². The van der Waals surface area contributed by atoms with E-state index >= 15 is 0 Å². The predicted octanol–water partition coefficient (Wildman–Crippen LogP) is 5.86. The molecule has 1 aromatic heterocycles. The van der Waals surface area contributed by atoms with Crippen molar-refractivity contribution in [2.24, 2.45) is 0 Å². The molecule has 1 heterocycles. The number of carbonyl (C=O) groups is 1. The van der Waals surface area contributed by atoms with Gasteiger partial charge in [-0.1, -0.05) is 58.8 Å². The molecule has 0 N–H and O–H groups in total. The highest BCUT2D eigenvalue weighted by Gasteiger charge is 2.20. The average Bonchev–Trinajstić information content (AvgIpc) is 3.18. The Balaban J connectivity index is 1.89. The van der Waals surface area contributed by atoms with Crippen molar-refractivity contribution in [2.75, 3.05) is 21.3 Å². The van der Waals surface area contributed by atoms with E-state index in [4.69, 9.17) is 42.1 Å². The lowest BCUT2D eigenvalue weighted by Crippen LogP contribution is -2.08. The van der Waals surface area contributed by atoms with Gasteiger partial charge in [-0.2, -0.15) is 4.98 Å². The fourth-order valence-corrected chi connectivity index (χ4v) is 4.22. The SMILES string of the molecule is CO/C=C(/C(=O)OC)c1ccccc1COc1nc(-c2ccc(Cl)cc2Cl)sc1OC. The molecule has 0 aliphatic carbocycles. The first-order valence-corrected chi connectivity index (χ1v) is 10.6. The minimum absolute atomic E-state index is 0.141. The highest BCUT2D eigenvalue weighted by atomic mass is 35.5. The summed E-state index contributed by atoms with van der Waals surface area (Å²) in [7, 11) is 4.32. The number of aromatic nitrogens is 1. The van der Waals surface area contributed by atoms with Crippen molar-refractivity contribution in [3.8, 4) is 21.5 Å². The van der Waals surface area contributed by atoms with E-state index < -0.39 is 5.97 Å². The fraction of sp³-hybridized carbons (Fsp3) is 0.182. The second-order valence-electron chi connectivity index (χ2n) is 6.14. The van der Waals surface area contributed by atoms with Gasteiger partial charge in [0.1, 0.15) is 17.2 Å². The summed E-state index contributed by atoms with van der Waals surface area (Å²) < 4.78 is 21.3. The second kappa shape index (κ2) is 10.5. The van der Waals surface area contributed by atoms with Gasteiger partial charge in [-0.05, 0) is 29.3 Å². The smallest absolute Gasteiger partial charge is 0.341 e. The van der Waals surface area contributed by atoms with Gasteiger partial charge in [-0.25, -0.2) is 4.79 Å². The van der Waals surface area contributed by atoms with Crippen LogP contribution < -0.4 is 9.47 Å². The molecule has 0 radical (unpaired) electrons. The highest BCUT2D eigenvalue weighted by Crippen LogP contribution is 2.42. The Morgan fingerprint density at radius 1 is 1.13 bits per heavy atom. The fourth-order valence-electron chi connectivity index (χ4n) is 2.79. The first-order chi connectivity index (χ1) is 15.0. The summed E-state index contributed by atoms with van der Waals surface area (Å²) in [5.74, 6) is -0.195. The first kappa shape index (κ1) is 22.9. The topological polar surface area (TPSA) is 66.9 Å². The molecule has 3 aromatic rings. The minimum atomic E-state index is -0.514. The maximum atomic E-state index is 12.2. The molecule has 0 unspecified atom stereocenters. The summed E-state index contributed by atoms with van der Waals surface area (Å²) in [6.45, 7) is 0.141. The number of nitrogens with zero attached hydrogens (tertiary/aromatic N) is 1. The van der Waals surface area contributed by atoms with Gasteiger partial charge in [0.25, 0.3) is 5.88 Å². The summed E-state index contributed by atoms with van der Waals surface area (Å²) in [5.41, 5.74) is 2.38. The Hall–Kier alpha value is -2.74. The van der Waals surface area contributed by atoms with Crippen LogP contribution in [0.15, 0.2) is 48.7 Å². The predicted molar refractivity (Wildman–Crippen MR) is 122 cm³/mol. The van der Waals surface area contributed by atoms with Gasteiger partial charge in [0.05, 0.1) is 32.6 Å². The number of benzene rings is 2. The van der Waals surface area contributed by atoms with Gasteiger partial charge >= 0.3 is 5.97 Å². The van der Waals surface area contributed by atoms with E-state index in [0.717, 1.165) is 11.1 Å². The van der Waals surface area contributed by atoms with Crippen LogP contribution in [-0.2, 0) is 20.9 Å². The largest absolute Gasteiger partial charge is 0.503 e. The van der Waals surface area contributed by atoms with Crippen LogP contribution >= 0.6 is 34.5 Å². The first-order valence-electron chi connectivity index (χ1n) is 9.01. The highest BCUT2D eigenvalue weighted by molar-refractivity contribution is 7.17. The van der Waals surface area contributed by atoms with Crippen molar-refractivity contribution in [3.63, 3.8) is 0 Å². The summed E-state index contributed by atoms with van der Waals surface area (Å²) in [6.07, 6.45) is 1.34. The van der Waals surface area contributed by atoms with Gasteiger partial charge in [0.15, 0.2) is 0 Å². The molecule has 0 saturated carbocycles. The number of rotatable bonds is 8. The van der Waals surface area contributed by atoms with Crippen LogP contribution in [0.2, 0.25) is 10.0 Å². The Morgan fingerprint density at radius 3 is 2.58 bits per heavy atom. The molecular formula is C22H19Cl2NO5S. The van der Waals surface area contributed by atoms with Gasteiger partial charge in [-0.3, -0.25) is 0 Å². The van der Waals surface area contributed by atoms with Crippen LogP contribution in [0.5, 0.6) is 10.9 Å². The zero-order valence-corrected chi connectivity index (χ0v) is 19.3. The Morgan fingerprint density at radius 2 is 1.90 bits per heavy atom. The van der Waals surface area contributed by atoms with E-state index in [9.17, 15) is 4.79 Å². The zero-order chi connectivity index (χ0) is 22.4. The van der Waals surface area contributed by atoms with E-state index in [2.05, 4.69) is 4.98 Å². The van der Waals surface area contributed by atoms with Gasteiger partial charge in [-0.15, -0.1) is 0 Å². The van der Waals surface area contributed by atoms with Gasteiger partial charge < -0.3 is 18.9 Å². The van der Waals surface area contributed by atoms with Gasteiger partial charge in [0.2, 0.25) is 5.06 Å². The number of hydrogen-bond acceptors (Lipinski definition) is 7. The van der Waals surface area contributed by atoms with Crippen LogP contribution in [0, 0.1) is 0 Å². The molecule has 0 aliphatic rings. The van der Waals surface area contributed by atoms with Crippen LogP contribution in [0.3, 0.4) is 0 Å². The molecule has 0 saturated heterocycles. The van der Waals surface area contributed by atoms with Crippen LogP contribution in [0.25, 0.3) is 16.1 Å². The molecule has 0 fully saturated rings. The number of methoxy groups -OCH3 is 3. The van der Waals surface area contributed by atoms with E-state index in [1.807, 2.05) is 18.2 Å². The molecule has 0 aliphatic heterocycles. The maximum Gasteiger partial charge on any atom is 0.341 e. The summed E-state index contributed by atoms with van der Waals surface area (Å²) in [6, 6.07) is 12.5. The van der Waals surface area contributed by atoms with Crippen LogP contribution in [0.1, 0.15) is 11.1 Å². The monoisotopic (exact) mass is 479 g/mol. The van der Waals surface area contributed by atoms with E-state index in [1.165, 1.54) is 38.9 Å². The Labute approximate surface area is 193 Å². The van der Waals surface area contributed by atoms with Crippen molar-refractivity contribution in [2.45, 2.75) is 6.61 Å². The number of halogens is 2. The Bertz CT molecular complexity index is 1110. The van der Waals surface area contributed by atoms with Crippen LogP contribution in [-0.4, -0.2) is 32.3 Å². The molecule has 0 amide bonds. The molecule has 0 bridgehead atoms. The Kier molecular flexibility index (Phi) is 7.79. The minimum Gasteiger partial charge on any atom is -0.503 e. The second-order valence-corrected chi connectivity index (χ2v) is 7.95. The molecule has 2 aromatic carbocycles. The molecule has 31 heavy (non-hydrogen) atoms. The zero-order valence-electron chi connectivity index (χ0n) is 17.0. The maximum absolute atomic E-state index is 12.2. The van der Waals surface area contributed by atoms with Crippen molar-refractivity contribution in [3.05, 3.63) is 69.9 Å². The number of thiazole rings is 1. The molecule has 6 nitrogen and oxygen atoms in total. The average molecular weight is 480 g/mol. The third-order valence-electron chi connectivity index (χ3n) is 4.23. The normalized spacial score (nSPS) is 11.2. The molecule has 9 heteroatoms. The quantitative estimate of drug-likeness (QED) is 0.228. The third kappa shape index (κ3) is 5.31. The van der Waals surface area contributed by atoms with Crippen LogP contribution in [0.4, 0.5) is 0 Å². The third-order valence-corrected chi connectivity index (χ3v) is 5.81. The lowest BCUT2D eigenvalue weighted by atomic mass is 10.0. The summed E-state index contributed by atoms with van der Waals surface area (Å²) >= 11 is 13.6. The number of carbonyl (C=O) groups excluding carboxylic acids is 1. The molecule has 3 rings (SSSR count). The summed E-state index contributed by atoms with van der Waals surface area (Å²) in [4.78, 5) is 16.7. The lowest BCUT2D eigenvalue weighted by molar-refractivity contribution is -0.133. The van der Waals surface area contributed by atoms with E-state index in [1.54, 1.807) is 24.3 Å². The molecular weight excluding hydrogens is 461 g/mol. The standard InChI is InChI=1S/C22H19Cl2NO5S/c1-27-12-17(21(26)28-2)15-7-5-4-6-13(15)11-30-19-22(29-3)31-20(25-19)16-9-8-14(23)10-18(16)24/h4-10,12H,11H2,1-3H3/b17-12+. The van der Waals surface area contributed by atoms with Crippen molar-refractivity contribution in [1.82, 2.24) is 4.98 Å². The number of hydrogen-bond donors (Lipinski definition) is 0. The van der Waals surface area contributed by atoms with Gasteiger partial charge in [0, 0.05) is 10.6 Å². The molecule has 0 spiro atoms. The van der Waals surface area contributed by atoms with E-state index in [0.29, 0.717) is 31.6 Å². The van der Waals surface area contributed by atoms with Crippen molar-refractivity contribution >= 4 is 46.1 Å². The lowest BCUT2D eigenvalue weighted by Gasteiger charge is -2.12. The number of ether oxygens (including phenoxy) is 4. The van der Waals surface area contributed by atoms with Crippen molar-refractivity contribution in [1.29, 1.82) is 0 Å². The summed E-state index contributed by atoms with van der Waals surface area (Å²) in [5, 5.41) is 2.15. The molecule has 162 valence electrons. The number of esters is 1. The molecule has 0 atom stereocenters.